The maximum atomic E-state index is 10.7. The maximum Gasteiger partial charge on any atom is 0.0657 e. The molecule has 334 valence electrons. The first-order chi connectivity index (χ1) is 26.7. The molecule has 0 aromatic rings. The molecule has 8 aliphatic carbocycles. The molecule has 4 nitrogen and oxygen atoms in total. The van der Waals surface area contributed by atoms with Crippen molar-refractivity contribution in [3.8, 4) is 0 Å². The highest BCUT2D eigenvalue weighted by Crippen LogP contribution is 2.70. The summed E-state index contributed by atoms with van der Waals surface area (Å²) in [5.74, 6) is 9.09. The van der Waals surface area contributed by atoms with Gasteiger partial charge in [-0.05, 0) is 263 Å². The van der Waals surface area contributed by atoms with Crippen LogP contribution in [0.3, 0.4) is 0 Å². The fraction of sp³-hybridized carbons (Fsp3) is 0.963. The summed E-state index contributed by atoms with van der Waals surface area (Å²) in [6.45, 7) is 27.3. The van der Waals surface area contributed by atoms with Crippen molar-refractivity contribution >= 4 is 0 Å². The minimum atomic E-state index is -0.536. The zero-order valence-corrected chi connectivity index (χ0v) is 40.1. The molecule has 8 rings (SSSR count). The van der Waals surface area contributed by atoms with Gasteiger partial charge in [0.2, 0.25) is 0 Å². The van der Waals surface area contributed by atoms with Crippen molar-refractivity contribution in [2.75, 3.05) is 0 Å². The molecule has 8 aliphatic rings. The topological polar surface area (TPSA) is 80.9 Å². The molecular weight excluding hydrogens is 713 g/mol. The van der Waals surface area contributed by atoms with E-state index in [-0.39, 0.29) is 0 Å². The Labute approximate surface area is 358 Å². The molecule has 0 heterocycles. The number of hydrogen-bond donors (Lipinski definition) is 4. The van der Waals surface area contributed by atoms with E-state index in [9.17, 15) is 20.4 Å². The highest BCUT2D eigenvalue weighted by Gasteiger charge is 2.62. The summed E-state index contributed by atoms with van der Waals surface area (Å²) >= 11 is 0. The minimum Gasteiger partial charge on any atom is -0.390 e. The molecule has 4 N–H and O–H groups in total. The van der Waals surface area contributed by atoms with Crippen molar-refractivity contribution in [1.29, 1.82) is 0 Å². The highest BCUT2D eigenvalue weighted by molar-refractivity contribution is 5.27. The van der Waals surface area contributed by atoms with Gasteiger partial charge in [-0.1, -0.05) is 53.2 Å². The van der Waals surface area contributed by atoms with Gasteiger partial charge in [0, 0.05) is 0 Å². The Hall–Kier alpha value is -0.420. The summed E-state index contributed by atoms with van der Waals surface area (Å²) in [6.07, 6.45) is 28.3. The fourth-order valence-corrected chi connectivity index (χ4v) is 17.8. The van der Waals surface area contributed by atoms with Crippen LogP contribution >= 0.6 is 0 Å². The van der Waals surface area contributed by atoms with Gasteiger partial charge in [0.15, 0.2) is 0 Å². The van der Waals surface area contributed by atoms with Gasteiger partial charge in [-0.25, -0.2) is 0 Å². The second-order valence-corrected chi connectivity index (χ2v) is 26.4. The molecule has 0 bridgehead atoms. The van der Waals surface area contributed by atoms with Crippen LogP contribution in [-0.4, -0.2) is 42.8 Å². The number of fused-ring (bicyclic) bond motifs is 10. The van der Waals surface area contributed by atoms with Crippen molar-refractivity contribution in [2.45, 2.75) is 240 Å². The maximum absolute atomic E-state index is 10.7. The lowest BCUT2D eigenvalue weighted by Crippen LogP contribution is -2.55. The first-order valence-electron chi connectivity index (χ1n) is 25.3. The Morgan fingerprint density at radius 3 is 1.62 bits per heavy atom. The number of aliphatic hydroxyl groups is 4. The molecule has 0 aromatic carbocycles. The summed E-state index contributed by atoms with van der Waals surface area (Å²) in [5.41, 5.74) is 1.41. The van der Waals surface area contributed by atoms with Crippen molar-refractivity contribution in [3.05, 3.63) is 11.6 Å². The zero-order chi connectivity index (χ0) is 42.5. The molecule has 7 fully saturated rings. The smallest absolute Gasteiger partial charge is 0.0657 e. The van der Waals surface area contributed by atoms with Gasteiger partial charge in [-0.3, -0.25) is 0 Å². The third kappa shape index (κ3) is 8.50. The molecule has 0 amide bonds. The van der Waals surface area contributed by atoms with E-state index >= 15 is 0 Å². The zero-order valence-electron chi connectivity index (χ0n) is 40.1. The second-order valence-electron chi connectivity index (χ2n) is 26.4. The van der Waals surface area contributed by atoms with Crippen LogP contribution in [0, 0.1) is 86.8 Å². The van der Waals surface area contributed by atoms with Crippen LogP contribution in [0.1, 0.15) is 218 Å². The molecule has 0 spiro atoms. The molecule has 7 saturated carbocycles. The van der Waals surface area contributed by atoms with Crippen LogP contribution < -0.4 is 0 Å². The van der Waals surface area contributed by atoms with Crippen LogP contribution in [0.25, 0.3) is 0 Å². The third-order valence-electron chi connectivity index (χ3n) is 21.3. The lowest BCUT2D eigenvalue weighted by Gasteiger charge is -2.62. The summed E-state index contributed by atoms with van der Waals surface area (Å²) in [4.78, 5) is 0. The normalized spacial score (nSPS) is 49.7. The Balaban J connectivity index is 0.000000177. The number of allylic oxidation sites excluding steroid dienone is 1. The Bertz CT molecular complexity index is 1480. The van der Waals surface area contributed by atoms with E-state index < -0.39 is 22.4 Å². The summed E-state index contributed by atoms with van der Waals surface area (Å²) in [5, 5.41) is 41.8. The Kier molecular flexibility index (Phi) is 12.3. The molecular formula is C54H94O4. The summed E-state index contributed by atoms with van der Waals surface area (Å²) in [6, 6.07) is 0. The molecule has 4 heteroatoms. The summed E-state index contributed by atoms with van der Waals surface area (Å²) < 4.78 is 0. The number of rotatable bonds is 8. The van der Waals surface area contributed by atoms with E-state index in [0.29, 0.717) is 27.6 Å². The minimum absolute atomic E-state index is 0.330. The quantitative estimate of drug-likeness (QED) is 0.184. The SMILES string of the molecule is C[C@H](CCC(C)(C)O)[C@H]1CC[C@H]2[C@@H]3CC=C4C[C@@](C)(O)CC[C@]4(C)[C@H]3CC[C@]12C.C[C@H](CCC(C)(C)O)[C@H]1CC[C@H]2[C@@H]3CC[C@H]4C[C@@](C)(O)CC[C@]4(C)[C@H]3CC[C@]12C. The van der Waals surface area contributed by atoms with Crippen LogP contribution in [0.5, 0.6) is 0 Å². The molecule has 58 heavy (non-hydrogen) atoms. The Morgan fingerprint density at radius 1 is 0.569 bits per heavy atom. The lowest BCUT2D eigenvalue weighted by atomic mass is 9.43. The van der Waals surface area contributed by atoms with Gasteiger partial charge >= 0.3 is 0 Å². The third-order valence-corrected chi connectivity index (χ3v) is 21.3. The van der Waals surface area contributed by atoms with E-state index in [4.69, 9.17) is 0 Å². The first-order valence-corrected chi connectivity index (χ1v) is 25.3. The largest absolute Gasteiger partial charge is 0.390 e. The molecule has 0 radical (unpaired) electrons. The van der Waals surface area contributed by atoms with E-state index in [1.165, 1.54) is 89.9 Å². The molecule has 0 aromatic heterocycles. The van der Waals surface area contributed by atoms with E-state index in [1.807, 2.05) is 34.6 Å². The Morgan fingerprint density at radius 2 is 1.07 bits per heavy atom. The van der Waals surface area contributed by atoms with E-state index in [1.54, 1.807) is 5.57 Å². The standard InChI is InChI=1S/C27H48O2.C27H46O2/c2*1-18(11-13-24(2,3)28)21-9-10-22-20-8-7-19-17-25(4,29)15-16-26(19,5)23(20)12-14-27(21,22)6/h18-23,28-29H,7-17H2,1-6H3;7,18,20-23,28-29H,8-17H2,1-6H3/t18-,19+,20+,21-,22+,23+,25+,26+,27-;18-,20+,21-,22+,23+,25+,26+,27-/m11/s1. The predicted molar refractivity (Wildman–Crippen MR) is 241 cm³/mol. The average Bonchev–Trinajstić information content (AvgIpc) is 3.66. The number of hydrogen-bond acceptors (Lipinski definition) is 4. The first kappa shape index (κ1) is 45.6. The van der Waals surface area contributed by atoms with Crippen molar-refractivity contribution in [3.63, 3.8) is 0 Å². The van der Waals surface area contributed by atoms with E-state index in [2.05, 4.69) is 54.5 Å². The predicted octanol–water partition coefficient (Wildman–Crippen LogP) is 13.1. The van der Waals surface area contributed by atoms with Crippen LogP contribution in [-0.2, 0) is 0 Å². The average molecular weight is 807 g/mol. The van der Waals surface area contributed by atoms with Crippen LogP contribution in [0.2, 0.25) is 0 Å². The van der Waals surface area contributed by atoms with Gasteiger partial charge in [0.05, 0.1) is 22.4 Å². The monoisotopic (exact) mass is 807 g/mol. The molecule has 0 aliphatic heterocycles. The molecule has 17 atom stereocenters. The molecule has 0 saturated heterocycles. The van der Waals surface area contributed by atoms with Crippen molar-refractivity contribution in [2.24, 2.45) is 86.8 Å². The highest BCUT2D eigenvalue weighted by atomic mass is 16.3. The van der Waals surface area contributed by atoms with E-state index in [0.717, 1.165) is 104 Å². The second kappa shape index (κ2) is 15.7. The van der Waals surface area contributed by atoms with Gasteiger partial charge < -0.3 is 20.4 Å². The van der Waals surface area contributed by atoms with Gasteiger partial charge in [0.1, 0.15) is 0 Å². The lowest BCUT2D eigenvalue weighted by molar-refractivity contribution is -0.148. The fourth-order valence-electron chi connectivity index (χ4n) is 17.8. The van der Waals surface area contributed by atoms with Crippen molar-refractivity contribution < 1.29 is 20.4 Å². The van der Waals surface area contributed by atoms with Gasteiger partial charge in [-0.2, -0.15) is 0 Å². The van der Waals surface area contributed by atoms with Crippen molar-refractivity contribution in [1.82, 2.24) is 0 Å². The summed E-state index contributed by atoms with van der Waals surface area (Å²) in [7, 11) is 0. The van der Waals surface area contributed by atoms with Crippen LogP contribution in [0.4, 0.5) is 0 Å². The van der Waals surface area contributed by atoms with Gasteiger partial charge in [-0.15, -0.1) is 0 Å². The van der Waals surface area contributed by atoms with Gasteiger partial charge in [0.25, 0.3) is 0 Å². The van der Waals surface area contributed by atoms with Crippen LogP contribution in [0.15, 0.2) is 11.6 Å². The molecule has 0 unspecified atom stereocenters.